The number of aromatic nitrogens is 1. The predicted octanol–water partition coefficient (Wildman–Crippen LogP) is 3.87. The second kappa shape index (κ2) is 6.30. The number of nitrogens with zero attached hydrogens (tertiary/aromatic N) is 1. The summed E-state index contributed by atoms with van der Waals surface area (Å²) in [5.74, 6) is 0.0180. The minimum Gasteiger partial charge on any atom is -0.341 e. The van der Waals surface area contributed by atoms with Gasteiger partial charge in [-0.15, -0.1) is 6.58 Å². The maximum atomic E-state index is 12.4. The molecule has 1 saturated carbocycles. The molecule has 1 aliphatic carbocycles. The van der Waals surface area contributed by atoms with E-state index in [9.17, 15) is 13.2 Å². The van der Waals surface area contributed by atoms with Crippen molar-refractivity contribution < 1.29 is 13.2 Å². The lowest BCUT2D eigenvalue weighted by Gasteiger charge is -2.10. The number of benzene rings is 1. The number of allylic oxidation sites excluding steroid dienone is 1. The first-order valence-corrected chi connectivity index (χ1v) is 9.98. The molecule has 0 aliphatic heterocycles. The van der Waals surface area contributed by atoms with Crippen LogP contribution in [0, 0.1) is 6.92 Å². The van der Waals surface area contributed by atoms with E-state index < -0.39 is 9.84 Å². The third kappa shape index (κ3) is 2.97. The summed E-state index contributed by atoms with van der Waals surface area (Å²) in [5, 5.41) is -0.212. The van der Waals surface area contributed by atoms with E-state index in [4.69, 9.17) is 0 Å². The quantitative estimate of drug-likeness (QED) is 0.582. The Hall–Kier alpha value is -2.14. The summed E-state index contributed by atoms with van der Waals surface area (Å²) >= 11 is 0. The zero-order valence-electron chi connectivity index (χ0n) is 14.9. The number of rotatable bonds is 6. The maximum Gasteiger partial charge on any atom is 0.181 e. The number of sulfone groups is 1. The highest BCUT2D eigenvalue weighted by molar-refractivity contribution is 7.92. The van der Waals surface area contributed by atoms with E-state index in [1.807, 2.05) is 36.7 Å². The van der Waals surface area contributed by atoms with Crippen LogP contribution >= 0.6 is 0 Å². The van der Waals surface area contributed by atoms with Crippen molar-refractivity contribution in [1.29, 1.82) is 0 Å². The Balaban J connectivity index is 2.11. The third-order valence-corrected chi connectivity index (χ3v) is 7.14. The van der Waals surface area contributed by atoms with Gasteiger partial charge < -0.3 is 4.57 Å². The van der Waals surface area contributed by atoms with Crippen molar-refractivity contribution in [2.45, 2.75) is 43.3 Å². The molecule has 0 N–H and O–H groups in total. The summed E-state index contributed by atoms with van der Waals surface area (Å²) in [7, 11) is -1.31. The van der Waals surface area contributed by atoms with Crippen LogP contribution in [-0.4, -0.2) is 24.0 Å². The second-order valence-electron chi connectivity index (χ2n) is 6.68. The fraction of sp³-hybridized carbons (Fsp3) is 0.350. The molecule has 0 amide bonds. The van der Waals surface area contributed by atoms with E-state index in [0.29, 0.717) is 17.0 Å². The van der Waals surface area contributed by atoms with E-state index in [2.05, 4.69) is 6.58 Å². The molecule has 1 heterocycles. The van der Waals surface area contributed by atoms with Gasteiger partial charge in [0.15, 0.2) is 15.6 Å². The molecule has 1 aromatic heterocycles. The third-order valence-electron chi connectivity index (χ3n) is 4.87. The van der Waals surface area contributed by atoms with Gasteiger partial charge in [0.25, 0.3) is 0 Å². The number of carbonyl (C=O) groups is 1. The first-order valence-electron chi connectivity index (χ1n) is 8.43. The molecule has 1 aromatic carbocycles. The molecular weight excluding hydrogens is 334 g/mol. The van der Waals surface area contributed by atoms with Gasteiger partial charge in [-0.3, -0.25) is 4.79 Å². The molecule has 0 saturated heterocycles. The average molecular weight is 357 g/mol. The molecule has 0 unspecified atom stereocenters. The monoisotopic (exact) mass is 357 g/mol. The van der Waals surface area contributed by atoms with Crippen LogP contribution in [0.25, 0.3) is 11.3 Å². The van der Waals surface area contributed by atoms with Crippen LogP contribution < -0.4 is 0 Å². The molecule has 1 fully saturated rings. The molecule has 25 heavy (non-hydrogen) atoms. The molecule has 0 radical (unpaired) electrons. The molecule has 0 atom stereocenters. The topological polar surface area (TPSA) is 56.1 Å². The molecule has 1 aliphatic rings. The molecule has 0 bridgehead atoms. The Morgan fingerprint density at radius 2 is 1.88 bits per heavy atom. The van der Waals surface area contributed by atoms with Crippen LogP contribution in [0.15, 0.2) is 41.8 Å². The van der Waals surface area contributed by atoms with Crippen molar-refractivity contribution in [2.75, 3.05) is 0 Å². The van der Waals surface area contributed by atoms with Crippen LogP contribution in [0.5, 0.6) is 0 Å². The number of carbonyl (C=O) groups excluding carboxylic acids is 1. The number of hydrogen-bond donors (Lipinski definition) is 0. The van der Waals surface area contributed by atoms with Gasteiger partial charge in [-0.25, -0.2) is 8.42 Å². The van der Waals surface area contributed by atoms with Crippen molar-refractivity contribution in [3.63, 3.8) is 0 Å². The van der Waals surface area contributed by atoms with E-state index in [0.717, 1.165) is 35.2 Å². The summed E-state index contributed by atoms with van der Waals surface area (Å²) in [6, 6.07) is 7.02. The van der Waals surface area contributed by atoms with Crippen LogP contribution in [-0.2, 0) is 23.3 Å². The summed E-state index contributed by atoms with van der Waals surface area (Å²) in [4.78, 5) is 12.4. The highest BCUT2D eigenvalue weighted by Crippen LogP contribution is 2.36. The lowest BCUT2D eigenvalue weighted by molar-refractivity contribution is 0.100. The summed E-state index contributed by atoms with van der Waals surface area (Å²) in [6.45, 7) is 7.33. The molecule has 2 aromatic rings. The minimum absolute atomic E-state index is 0.0180. The zero-order valence-corrected chi connectivity index (χ0v) is 15.7. The van der Waals surface area contributed by atoms with Gasteiger partial charge in [0.2, 0.25) is 0 Å². The first-order chi connectivity index (χ1) is 11.8. The van der Waals surface area contributed by atoms with Crippen LogP contribution in [0.3, 0.4) is 0 Å². The lowest BCUT2D eigenvalue weighted by atomic mass is 10.0. The standard InChI is InChI=1S/C20H23NO3S/c1-5-6-18-13(2)19(14(3)22)21(4)20(18)15-7-9-16(10-8-15)25(23,24)17-11-12-17/h5,7-10,17H,1,6,11-12H2,2-4H3. The van der Waals surface area contributed by atoms with Gasteiger partial charge in [-0.2, -0.15) is 0 Å². The summed E-state index contributed by atoms with van der Waals surface area (Å²) < 4.78 is 26.6. The van der Waals surface area contributed by atoms with Crippen molar-refractivity contribution >= 4 is 15.6 Å². The average Bonchev–Trinajstić information content (AvgIpc) is 3.37. The second-order valence-corrected chi connectivity index (χ2v) is 8.91. The van der Waals surface area contributed by atoms with E-state index in [1.165, 1.54) is 0 Å². The Morgan fingerprint density at radius 1 is 1.28 bits per heavy atom. The normalized spacial score (nSPS) is 14.5. The van der Waals surface area contributed by atoms with Gasteiger partial charge >= 0.3 is 0 Å². The van der Waals surface area contributed by atoms with Crippen LogP contribution in [0.1, 0.15) is 41.4 Å². The SMILES string of the molecule is C=CCc1c(C)c(C(C)=O)n(C)c1-c1ccc(S(=O)(=O)C2CC2)cc1. The fourth-order valence-electron chi connectivity index (χ4n) is 3.52. The molecule has 0 spiro atoms. The summed E-state index contributed by atoms with van der Waals surface area (Å²) in [5.41, 5.74) is 4.55. The number of Topliss-reactive ketones (excluding diaryl/α,β-unsaturated/α-hetero) is 1. The van der Waals surface area contributed by atoms with E-state index in [-0.39, 0.29) is 11.0 Å². The molecular formula is C20H23NO3S. The smallest absolute Gasteiger partial charge is 0.181 e. The highest BCUT2D eigenvalue weighted by atomic mass is 32.2. The predicted molar refractivity (Wildman–Crippen MR) is 99.7 cm³/mol. The van der Waals surface area contributed by atoms with E-state index >= 15 is 0 Å². The largest absolute Gasteiger partial charge is 0.341 e. The van der Waals surface area contributed by atoms with Crippen molar-refractivity contribution in [2.24, 2.45) is 7.05 Å². The maximum absolute atomic E-state index is 12.4. The molecule has 4 nitrogen and oxygen atoms in total. The zero-order chi connectivity index (χ0) is 18.4. The van der Waals surface area contributed by atoms with E-state index in [1.54, 1.807) is 19.1 Å². The number of ketones is 1. The highest BCUT2D eigenvalue weighted by Gasteiger charge is 2.36. The van der Waals surface area contributed by atoms with Crippen molar-refractivity contribution in [3.05, 3.63) is 53.7 Å². The Labute approximate surface area is 149 Å². The first kappa shape index (κ1) is 17.7. The van der Waals surface area contributed by atoms with Crippen LogP contribution in [0.2, 0.25) is 0 Å². The Morgan fingerprint density at radius 3 is 2.36 bits per heavy atom. The Bertz CT molecular complexity index is 946. The van der Waals surface area contributed by atoms with Gasteiger partial charge in [0, 0.05) is 14.0 Å². The minimum atomic E-state index is -3.19. The lowest BCUT2D eigenvalue weighted by Crippen LogP contribution is -2.07. The van der Waals surface area contributed by atoms with Crippen molar-refractivity contribution in [1.82, 2.24) is 4.57 Å². The molecule has 3 rings (SSSR count). The van der Waals surface area contributed by atoms with Gasteiger partial charge in [0.1, 0.15) is 0 Å². The molecule has 132 valence electrons. The van der Waals surface area contributed by atoms with Gasteiger partial charge in [-0.1, -0.05) is 18.2 Å². The van der Waals surface area contributed by atoms with Gasteiger partial charge in [0.05, 0.1) is 21.5 Å². The fourth-order valence-corrected chi connectivity index (χ4v) is 5.18. The van der Waals surface area contributed by atoms with Crippen LogP contribution in [0.4, 0.5) is 0 Å². The number of hydrogen-bond acceptors (Lipinski definition) is 3. The van der Waals surface area contributed by atoms with Crippen molar-refractivity contribution in [3.8, 4) is 11.3 Å². The Kier molecular flexibility index (Phi) is 4.45. The molecule has 5 heteroatoms. The summed E-state index contributed by atoms with van der Waals surface area (Å²) in [6.07, 6.45) is 3.99. The van der Waals surface area contributed by atoms with Gasteiger partial charge in [-0.05, 0) is 55.0 Å².